The van der Waals surface area contributed by atoms with Crippen LogP contribution in [0.25, 0.3) is 0 Å². The summed E-state index contributed by atoms with van der Waals surface area (Å²) in [6, 6.07) is 10.2. The van der Waals surface area contributed by atoms with Crippen molar-refractivity contribution in [2.24, 2.45) is 0 Å². The van der Waals surface area contributed by atoms with Gasteiger partial charge in [0.15, 0.2) is 23.1 Å². The Labute approximate surface area is 186 Å². The van der Waals surface area contributed by atoms with Gasteiger partial charge in [-0.2, -0.15) is 4.39 Å². The maximum absolute atomic E-state index is 15.2. The first kappa shape index (κ1) is 22.4. The largest absolute Gasteiger partial charge is 0.450 e. The third-order valence-corrected chi connectivity index (χ3v) is 6.00. The minimum Gasteiger partial charge on any atom is -0.450 e. The fourth-order valence-electron chi connectivity index (χ4n) is 4.31. The van der Waals surface area contributed by atoms with Gasteiger partial charge in [-0.1, -0.05) is 51.0 Å². The van der Waals surface area contributed by atoms with Crippen LogP contribution in [0, 0.1) is 23.3 Å². The summed E-state index contributed by atoms with van der Waals surface area (Å²) in [5.74, 6) is -3.23. The lowest BCUT2D eigenvalue weighted by Crippen LogP contribution is -2.11. The average molecular weight is 442 g/mol. The second-order valence-electron chi connectivity index (χ2n) is 8.38. The molecule has 0 fully saturated rings. The van der Waals surface area contributed by atoms with E-state index < -0.39 is 17.5 Å². The van der Waals surface area contributed by atoms with Crippen molar-refractivity contribution in [3.63, 3.8) is 0 Å². The van der Waals surface area contributed by atoms with E-state index in [-0.39, 0.29) is 30.2 Å². The quantitative estimate of drug-likeness (QED) is 0.267. The molecule has 0 aliphatic carbocycles. The number of hydrogen-bond donors (Lipinski definition) is 0. The van der Waals surface area contributed by atoms with E-state index >= 15 is 4.39 Å². The molecule has 0 saturated heterocycles. The van der Waals surface area contributed by atoms with E-state index in [4.69, 9.17) is 4.74 Å². The molecule has 0 unspecified atom stereocenters. The first-order chi connectivity index (χ1) is 15.4. The second-order valence-corrected chi connectivity index (χ2v) is 8.38. The molecule has 0 atom stereocenters. The van der Waals surface area contributed by atoms with Gasteiger partial charge in [0.05, 0.1) is 0 Å². The van der Waals surface area contributed by atoms with Gasteiger partial charge in [0, 0.05) is 17.5 Å². The van der Waals surface area contributed by atoms with E-state index in [9.17, 15) is 13.2 Å². The fraction of sp³-hybridized carbons (Fsp3) is 0.333. The molecular weight excluding hydrogens is 416 g/mol. The lowest BCUT2D eigenvalue weighted by atomic mass is 9.94. The summed E-state index contributed by atoms with van der Waals surface area (Å²) in [7, 11) is 0. The third kappa shape index (κ3) is 4.25. The van der Waals surface area contributed by atoms with Crippen molar-refractivity contribution < 1.29 is 22.3 Å². The van der Waals surface area contributed by atoms with Gasteiger partial charge < -0.3 is 4.74 Å². The Morgan fingerprint density at radius 3 is 2.06 bits per heavy atom. The van der Waals surface area contributed by atoms with Gasteiger partial charge in [-0.25, -0.2) is 13.2 Å². The summed E-state index contributed by atoms with van der Waals surface area (Å²) in [4.78, 5) is 0. The highest BCUT2D eigenvalue weighted by Crippen LogP contribution is 2.42. The van der Waals surface area contributed by atoms with Crippen molar-refractivity contribution in [3.05, 3.63) is 93.0 Å². The van der Waals surface area contributed by atoms with Crippen LogP contribution in [0.15, 0.2) is 36.4 Å². The second kappa shape index (κ2) is 9.35. The number of hydrogen-bond acceptors (Lipinski definition) is 1. The molecule has 3 aromatic carbocycles. The minimum atomic E-state index is -1.07. The summed E-state index contributed by atoms with van der Waals surface area (Å²) < 4.78 is 64.2. The van der Waals surface area contributed by atoms with E-state index in [1.807, 2.05) is 19.9 Å². The van der Waals surface area contributed by atoms with Crippen molar-refractivity contribution >= 4 is 0 Å². The molecule has 0 amide bonds. The van der Waals surface area contributed by atoms with Crippen molar-refractivity contribution in [2.45, 2.75) is 58.8 Å². The van der Waals surface area contributed by atoms with Crippen LogP contribution < -0.4 is 4.74 Å². The molecule has 32 heavy (non-hydrogen) atoms. The summed E-state index contributed by atoms with van der Waals surface area (Å²) in [5.41, 5.74) is 3.22. The number of rotatable bonds is 7. The Bertz CT molecular complexity index is 1150. The molecule has 0 N–H and O–H groups in total. The Morgan fingerprint density at radius 1 is 0.656 bits per heavy atom. The van der Waals surface area contributed by atoms with Crippen molar-refractivity contribution in [2.75, 3.05) is 0 Å². The number of aryl methyl sites for hydroxylation is 4. The van der Waals surface area contributed by atoms with E-state index in [0.717, 1.165) is 18.4 Å². The first-order valence-electron chi connectivity index (χ1n) is 11.2. The third-order valence-electron chi connectivity index (χ3n) is 6.00. The zero-order chi connectivity index (χ0) is 22.8. The zero-order valence-electron chi connectivity index (χ0n) is 18.3. The van der Waals surface area contributed by atoms with Crippen LogP contribution in [0.1, 0.15) is 60.1 Å². The molecule has 0 bridgehead atoms. The Morgan fingerprint density at radius 2 is 1.34 bits per heavy atom. The highest BCUT2D eigenvalue weighted by Gasteiger charge is 2.28. The molecule has 0 radical (unpaired) electrons. The molecule has 1 aliphatic rings. The zero-order valence-corrected chi connectivity index (χ0v) is 18.3. The number of halogens is 4. The van der Waals surface area contributed by atoms with Gasteiger partial charge in [-0.15, -0.1) is 0 Å². The normalized spacial score (nSPS) is 12.3. The number of ether oxygens (including phenoxy) is 1. The summed E-state index contributed by atoms with van der Waals surface area (Å²) in [5, 5.41) is 0. The smallest absolute Gasteiger partial charge is 0.201 e. The van der Waals surface area contributed by atoms with Crippen LogP contribution >= 0.6 is 0 Å². The van der Waals surface area contributed by atoms with Crippen LogP contribution in [0.2, 0.25) is 0 Å². The highest BCUT2D eigenvalue weighted by atomic mass is 19.2. The fourth-order valence-corrected chi connectivity index (χ4v) is 4.31. The Balaban J connectivity index is 1.57. The van der Waals surface area contributed by atoms with Crippen LogP contribution in [-0.2, 0) is 32.1 Å². The predicted molar refractivity (Wildman–Crippen MR) is 117 cm³/mol. The number of fused-ring (bicyclic) bond motifs is 2. The van der Waals surface area contributed by atoms with Gasteiger partial charge in [0.1, 0.15) is 5.82 Å². The topological polar surface area (TPSA) is 9.23 Å². The first-order valence-corrected chi connectivity index (χ1v) is 11.2. The molecule has 0 saturated carbocycles. The molecule has 168 valence electrons. The van der Waals surface area contributed by atoms with Crippen LogP contribution in [0.3, 0.4) is 0 Å². The highest BCUT2D eigenvalue weighted by molar-refractivity contribution is 5.53. The Hall–Kier alpha value is -2.82. The van der Waals surface area contributed by atoms with Crippen LogP contribution in [-0.4, -0.2) is 0 Å². The lowest BCUT2D eigenvalue weighted by molar-refractivity contribution is 0.377. The van der Waals surface area contributed by atoms with E-state index in [1.165, 1.54) is 6.07 Å². The summed E-state index contributed by atoms with van der Waals surface area (Å²) in [6.45, 7) is 3.93. The van der Waals surface area contributed by atoms with E-state index in [1.54, 1.807) is 24.3 Å². The van der Waals surface area contributed by atoms with Gasteiger partial charge in [0.25, 0.3) is 0 Å². The summed E-state index contributed by atoms with van der Waals surface area (Å²) in [6.07, 6.45) is 3.72. The standard InChI is InChI=1S/C27H26F4O/c1-3-5-16-7-8-17(22(28)13-16)9-10-18-11-12-20-15-21-14-19(6-4-2)23(29)25(31)27(21)32-26(20)24(18)30/h7-8,11-14H,3-6,9-10,15H2,1-2H3. The lowest BCUT2D eigenvalue weighted by Gasteiger charge is -2.23. The van der Waals surface area contributed by atoms with Crippen LogP contribution in [0.4, 0.5) is 17.6 Å². The SMILES string of the molecule is CCCc1ccc(CCc2ccc3c(c2F)Oc2c(cc(CCC)c(F)c2F)C3)c(F)c1. The molecular formula is C27H26F4O. The van der Waals surface area contributed by atoms with Crippen molar-refractivity contribution in [1.29, 1.82) is 0 Å². The van der Waals surface area contributed by atoms with Gasteiger partial charge in [-0.05, 0) is 60.1 Å². The predicted octanol–water partition coefficient (Wildman–Crippen LogP) is 7.63. The molecule has 1 heterocycles. The molecule has 1 aliphatic heterocycles. The van der Waals surface area contributed by atoms with Gasteiger partial charge >= 0.3 is 0 Å². The number of benzene rings is 3. The van der Waals surface area contributed by atoms with Crippen molar-refractivity contribution in [3.8, 4) is 11.5 Å². The van der Waals surface area contributed by atoms with Gasteiger partial charge in [0.2, 0.25) is 5.82 Å². The molecule has 0 spiro atoms. The maximum Gasteiger partial charge on any atom is 0.201 e. The van der Waals surface area contributed by atoms with Crippen molar-refractivity contribution in [1.82, 2.24) is 0 Å². The monoisotopic (exact) mass is 442 g/mol. The minimum absolute atomic E-state index is 0.0738. The maximum atomic E-state index is 15.2. The molecule has 5 heteroatoms. The van der Waals surface area contributed by atoms with Gasteiger partial charge in [-0.3, -0.25) is 0 Å². The summed E-state index contributed by atoms with van der Waals surface area (Å²) >= 11 is 0. The molecule has 0 aromatic heterocycles. The average Bonchev–Trinajstić information content (AvgIpc) is 2.77. The van der Waals surface area contributed by atoms with E-state index in [0.29, 0.717) is 47.1 Å². The molecule has 3 aromatic rings. The van der Waals surface area contributed by atoms with Crippen LogP contribution in [0.5, 0.6) is 11.5 Å². The Kier molecular flexibility index (Phi) is 6.54. The van der Waals surface area contributed by atoms with E-state index in [2.05, 4.69) is 0 Å². The molecule has 1 nitrogen and oxygen atoms in total. The molecule has 4 rings (SSSR count).